The Morgan fingerprint density at radius 1 is 1.12 bits per heavy atom. The van der Waals surface area contributed by atoms with Crippen molar-refractivity contribution in [3.05, 3.63) is 59.5 Å². The molecule has 2 rings (SSSR count). The first kappa shape index (κ1) is 20.1. The lowest BCUT2D eigenvalue weighted by Crippen LogP contribution is -2.36. The minimum Gasteiger partial charge on any atom is -0.478 e. The maximum Gasteiger partial charge on any atom is 0.218 e. The third-order valence-corrected chi connectivity index (χ3v) is 3.21. The summed E-state index contributed by atoms with van der Waals surface area (Å²) in [5, 5.41) is 6.26. The van der Waals surface area contributed by atoms with Crippen LogP contribution in [0.4, 0.5) is 4.39 Å². The molecule has 1 aromatic heterocycles. The second-order valence-electron chi connectivity index (χ2n) is 4.77. The fraction of sp³-hybridized carbons (Fsp3) is 0.294. The topological polar surface area (TPSA) is 58.5 Å². The summed E-state index contributed by atoms with van der Waals surface area (Å²) in [7, 11) is 1.67. The van der Waals surface area contributed by atoms with Crippen LogP contribution in [-0.2, 0) is 13.1 Å². The van der Waals surface area contributed by atoms with Crippen LogP contribution in [0.15, 0.2) is 47.6 Å². The molecule has 0 atom stereocenters. The van der Waals surface area contributed by atoms with Crippen molar-refractivity contribution in [1.82, 2.24) is 15.6 Å². The zero-order valence-electron chi connectivity index (χ0n) is 13.8. The first-order valence-corrected chi connectivity index (χ1v) is 7.49. The summed E-state index contributed by atoms with van der Waals surface area (Å²) >= 11 is 0. The molecule has 130 valence electrons. The zero-order valence-corrected chi connectivity index (χ0v) is 16.1. The molecule has 0 aliphatic heterocycles. The Balaban J connectivity index is 0.00000288. The van der Waals surface area contributed by atoms with Gasteiger partial charge >= 0.3 is 0 Å². The fourth-order valence-electron chi connectivity index (χ4n) is 2.05. The van der Waals surface area contributed by atoms with Crippen molar-refractivity contribution < 1.29 is 9.13 Å². The van der Waals surface area contributed by atoms with Gasteiger partial charge in [-0.2, -0.15) is 0 Å². The Bertz CT molecular complexity index is 667. The molecule has 2 aromatic rings. The molecule has 5 nitrogen and oxygen atoms in total. The largest absolute Gasteiger partial charge is 0.478 e. The van der Waals surface area contributed by atoms with Gasteiger partial charge in [-0.1, -0.05) is 24.3 Å². The van der Waals surface area contributed by atoms with Crippen LogP contribution in [0, 0.1) is 5.82 Å². The van der Waals surface area contributed by atoms with E-state index in [0.717, 1.165) is 5.56 Å². The van der Waals surface area contributed by atoms with Gasteiger partial charge in [0.2, 0.25) is 5.88 Å². The van der Waals surface area contributed by atoms with Crippen LogP contribution >= 0.6 is 24.0 Å². The molecule has 0 radical (unpaired) electrons. The van der Waals surface area contributed by atoms with E-state index in [1.807, 2.05) is 19.1 Å². The van der Waals surface area contributed by atoms with E-state index < -0.39 is 0 Å². The molecule has 0 amide bonds. The van der Waals surface area contributed by atoms with Crippen molar-refractivity contribution in [2.75, 3.05) is 13.7 Å². The number of benzene rings is 1. The maximum atomic E-state index is 13.6. The van der Waals surface area contributed by atoms with E-state index in [2.05, 4.69) is 20.6 Å². The van der Waals surface area contributed by atoms with E-state index in [0.29, 0.717) is 37.1 Å². The molecule has 0 unspecified atom stereocenters. The second kappa shape index (κ2) is 10.8. The molecule has 0 aliphatic carbocycles. The lowest BCUT2D eigenvalue weighted by Gasteiger charge is -2.14. The third-order valence-electron chi connectivity index (χ3n) is 3.21. The molecule has 24 heavy (non-hydrogen) atoms. The molecule has 1 heterocycles. The molecular weight excluding hydrogens is 422 g/mol. The maximum absolute atomic E-state index is 13.6. The normalized spacial score (nSPS) is 10.7. The highest BCUT2D eigenvalue weighted by molar-refractivity contribution is 14.0. The van der Waals surface area contributed by atoms with Crippen LogP contribution in [0.25, 0.3) is 0 Å². The van der Waals surface area contributed by atoms with Gasteiger partial charge in [0.1, 0.15) is 5.82 Å². The average Bonchev–Trinajstić information content (AvgIpc) is 2.58. The number of guanidine groups is 1. The Labute approximate surface area is 158 Å². The lowest BCUT2D eigenvalue weighted by atomic mass is 10.2. The molecule has 0 saturated carbocycles. The number of pyridine rings is 1. The van der Waals surface area contributed by atoms with Gasteiger partial charge in [-0.15, -0.1) is 24.0 Å². The summed E-state index contributed by atoms with van der Waals surface area (Å²) in [5.41, 5.74) is 1.52. The number of ether oxygens (including phenoxy) is 1. The summed E-state index contributed by atoms with van der Waals surface area (Å²) in [4.78, 5) is 8.34. The van der Waals surface area contributed by atoms with Crippen molar-refractivity contribution in [3.8, 4) is 5.88 Å². The number of hydrogen-bond acceptors (Lipinski definition) is 3. The lowest BCUT2D eigenvalue weighted by molar-refractivity contribution is 0.322. The molecule has 0 saturated heterocycles. The number of nitrogens with one attached hydrogen (secondary N) is 2. The smallest absolute Gasteiger partial charge is 0.218 e. The van der Waals surface area contributed by atoms with Crippen LogP contribution in [-0.4, -0.2) is 24.6 Å². The molecule has 0 bridgehead atoms. The highest BCUT2D eigenvalue weighted by Crippen LogP contribution is 2.13. The predicted molar refractivity (Wildman–Crippen MR) is 104 cm³/mol. The van der Waals surface area contributed by atoms with Crippen LogP contribution in [0.2, 0.25) is 0 Å². The number of halogens is 2. The summed E-state index contributed by atoms with van der Waals surface area (Å²) in [5.74, 6) is 0.952. The summed E-state index contributed by atoms with van der Waals surface area (Å²) in [6.07, 6.45) is 1.69. The average molecular weight is 444 g/mol. The van der Waals surface area contributed by atoms with Gasteiger partial charge in [0.25, 0.3) is 0 Å². The van der Waals surface area contributed by atoms with Crippen molar-refractivity contribution in [1.29, 1.82) is 0 Å². The number of hydrogen-bond donors (Lipinski definition) is 2. The van der Waals surface area contributed by atoms with Crippen molar-refractivity contribution in [2.24, 2.45) is 4.99 Å². The van der Waals surface area contributed by atoms with Gasteiger partial charge in [-0.25, -0.2) is 9.37 Å². The van der Waals surface area contributed by atoms with Crippen LogP contribution in [0.3, 0.4) is 0 Å². The minimum atomic E-state index is -0.235. The molecule has 1 aromatic carbocycles. The van der Waals surface area contributed by atoms with Gasteiger partial charge in [0, 0.05) is 37.5 Å². The molecule has 7 heteroatoms. The van der Waals surface area contributed by atoms with Crippen molar-refractivity contribution >= 4 is 29.9 Å². The fourth-order valence-corrected chi connectivity index (χ4v) is 2.05. The van der Waals surface area contributed by atoms with Gasteiger partial charge < -0.3 is 15.4 Å². The van der Waals surface area contributed by atoms with E-state index in [1.54, 1.807) is 31.4 Å². The predicted octanol–water partition coefficient (Wildman–Crippen LogP) is 3.10. The number of aliphatic imine (C=N–C) groups is 1. The zero-order chi connectivity index (χ0) is 16.5. The summed E-state index contributed by atoms with van der Waals surface area (Å²) in [6, 6.07) is 10.5. The molecular formula is C17H22FIN4O. The Hall–Kier alpha value is -1.90. The summed E-state index contributed by atoms with van der Waals surface area (Å²) < 4.78 is 19.1. The molecule has 0 fully saturated rings. The van der Waals surface area contributed by atoms with E-state index >= 15 is 0 Å². The van der Waals surface area contributed by atoms with Crippen molar-refractivity contribution in [3.63, 3.8) is 0 Å². The minimum absolute atomic E-state index is 0. The number of nitrogens with zero attached hydrogens (tertiary/aromatic N) is 2. The van der Waals surface area contributed by atoms with Crippen LogP contribution < -0.4 is 15.4 Å². The quantitative estimate of drug-likeness (QED) is 0.409. The van der Waals surface area contributed by atoms with E-state index in [-0.39, 0.29) is 29.8 Å². The number of rotatable bonds is 6. The van der Waals surface area contributed by atoms with E-state index in [9.17, 15) is 4.39 Å². The Morgan fingerprint density at radius 2 is 1.79 bits per heavy atom. The highest BCUT2D eigenvalue weighted by Gasteiger charge is 2.06. The van der Waals surface area contributed by atoms with Crippen molar-refractivity contribution in [2.45, 2.75) is 20.0 Å². The number of aromatic nitrogens is 1. The third kappa shape index (κ3) is 5.95. The van der Waals surface area contributed by atoms with Crippen LogP contribution in [0.5, 0.6) is 5.88 Å². The standard InChI is InChI=1S/C17H21FN4O.HI/c1-3-23-16-14(8-6-10-20-16)12-22-17(19-2)21-11-13-7-4-5-9-15(13)18;/h4-10H,3,11-12H2,1-2H3,(H2,19,21,22);1H. The van der Waals surface area contributed by atoms with Gasteiger partial charge in [-0.3, -0.25) is 4.99 Å². The van der Waals surface area contributed by atoms with Gasteiger partial charge in [0.15, 0.2) is 5.96 Å². The Kier molecular flexibility index (Phi) is 9.06. The molecule has 0 spiro atoms. The Morgan fingerprint density at radius 3 is 2.46 bits per heavy atom. The monoisotopic (exact) mass is 444 g/mol. The highest BCUT2D eigenvalue weighted by atomic mass is 127. The van der Waals surface area contributed by atoms with E-state index in [1.165, 1.54) is 6.07 Å². The first-order chi connectivity index (χ1) is 11.2. The molecule has 0 aliphatic rings. The van der Waals surface area contributed by atoms with Crippen LogP contribution in [0.1, 0.15) is 18.1 Å². The van der Waals surface area contributed by atoms with Gasteiger partial charge in [-0.05, 0) is 19.1 Å². The SMILES string of the molecule is CCOc1ncccc1CNC(=NC)NCc1ccccc1F.I. The van der Waals surface area contributed by atoms with E-state index in [4.69, 9.17) is 4.74 Å². The summed E-state index contributed by atoms with van der Waals surface area (Å²) in [6.45, 7) is 3.35. The van der Waals surface area contributed by atoms with Gasteiger partial charge in [0.05, 0.1) is 6.61 Å². The first-order valence-electron chi connectivity index (χ1n) is 7.49. The second-order valence-corrected chi connectivity index (χ2v) is 4.77. The molecule has 2 N–H and O–H groups in total.